The van der Waals surface area contributed by atoms with Crippen molar-refractivity contribution in [1.82, 2.24) is 25.0 Å². The number of aromatic nitrogens is 3. The molecule has 0 amide bonds. The lowest BCUT2D eigenvalue weighted by molar-refractivity contribution is 0.380. The molecule has 0 spiro atoms. The van der Waals surface area contributed by atoms with E-state index in [-0.39, 0.29) is 0 Å². The van der Waals surface area contributed by atoms with Crippen LogP contribution in [0.5, 0.6) is 0 Å². The molecule has 2 rings (SSSR count). The van der Waals surface area contributed by atoms with Crippen LogP contribution < -0.4 is 5.32 Å². The van der Waals surface area contributed by atoms with Gasteiger partial charge in [-0.2, -0.15) is 11.8 Å². The Kier molecular flexibility index (Phi) is 6.54. The first-order valence-corrected chi connectivity index (χ1v) is 9.14. The van der Waals surface area contributed by atoms with Crippen molar-refractivity contribution in [2.45, 2.75) is 39.0 Å². The molecule has 6 nitrogen and oxygen atoms in total. The van der Waals surface area contributed by atoms with Gasteiger partial charge in [-0.25, -0.2) is 0 Å². The number of hydrogen-bond donors (Lipinski definition) is 1. The minimum absolute atomic E-state index is 0.692. The van der Waals surface area contributed by atoms with E-state index >= 15 is 0 Å². The second kappa shape index (κ2) is 8.41. The zero-order chi connectivity index (χ0) is 15.9. The van der Waals surface area contributed by atoms with Crippen molar-refractivity contribution < 1.29 is 0 Å². The van der Waals surface area contributed by atoms with Crippen LogP contribution in [0.2, 0.25) is 0 Å². The molecule has 1 aromatic rings. The van der Waals surface area contributed by atoms with Gasteiger partial charge in [0, 0.05) is 50.7 Å². The highest BCUT2D eigenvalue weighted by Gasteiger charge is 2.24. The highest BCUT2D eigenvalue weighted by atomic mass is 32.2. The molecule has 1 aliphatic rings. The number of nitrogens with zero attached hydrogens (tertiary/aromatic N) is 5. The van der Waals surface area contributed by atoms with Crippen molar-refractivity contribution in [3.63, 3.8) is 0 Å². The molecule has 1 N–H and O–H groups in total. The Labute approximate surface area is 137 Å². The molecule has 22 heavy (non-hydrogen) atoms. The first-order chi connectivity index (χ1) is 10.7. The average molecular weight is 324 g/mol. The predicted molar refractivity (Wildman–Crippen MR) is 93.4 cm³/mol. The van der Waals surface area contributed by atoms with E-state index in [1.165, 1.54) is 5.75 Å². The third-order valence-electron chi connectivity index (χ3n) is 4.00. The van der Waals surface area contributed by atoms with Crippen LogP contribution in [0.1, 0.15) is 26.6 Å². The first kappa shape index (κ1) is 17.1. The van der Waals surface area contributed by atoms with Crippen molar-refractivity contribution >= 4 is 17.7 Å². The van der Waals surface area contributed by atoms with E-state index in [0.717, 1.165) is 44.4 Å². The van der Waals surface area contributed by atoms with Crippen molar-refractivity contribution in [2.75, 3.05) is 32.4 Å². The van der Waals surface area contributed by atoms with Gasteiger partial charge >= 0.3 is 0 Å². The van der Waals surface area contributed by atoms with Crippen LogP contribution in [-0.4, -0.2) is 63.3 Å². The first-order valence-electron chi connectivity index (χ1n) is 8.09. The zero-order valence-electron chi connectivity index (χ0n) is 14.1. The minimum atomic E-state index is 0.692. The van der Waals surface area contributed by atoms with Gasteiger partial charge in [0.1, 0.15) is 12.2 Å². The van der Waals surface area contributed by atoms with Crippen LogP contribution >= 0.6 is 11.8 Å². The number of rotatable bonds is 5. The van der Waals surface area contributed by atoms with E-state index in [1.807, 2.05) is 7.05 Å². The van der Waals surface area contributed by atoms with Gasteiger partial charge in [-0.3, -0.25) is 4.99 Å². The summed E-state index contributed by atoms with van der Waals surface area (Å²) >= 11 is 2.08. The summed E-state index contributed by atoms with van der Waals surface area (Å²) in [6.07, 6.45) is 2.71. The molecule has 0 aromatic carbocycles. The van der Waals surface area contributed by atoms with Crippen LogP contribution in [0.15, 0.2) is 11.3 Å². The Morgan fingerprint density at radius 3 is 3.05 bits per heavy atom. The Morgan fingerprint density at radius 2 is 2.36 bits per heavy atom. The summed E-state index contributed by atoms with van der Waals surface area (Å²) in [5.74, 6) is 3.92. The molecular formula is C15H28N6S. The summed E-state index contributed by atoms with van der Waals surface area (Å²) in [6.45, 7) is 10.6. The second-order valence-corrected chi connectivity index (χ2v) is 7.21. The van der Waals surface area contributed by atoms with E-state index in [2.05, 4.69) is 62.5 Å². The van der Waals surface area contributed by atoms with E-state index in [4.69, 9.17) is 0 Å². The maximum absolute atomic E-state index is 4.45. The Balaban J connectivity index is 1.84. The van der Waals surface area contributed by atoms with Crippen LogP contribution in [0.4, 0.5) is 0 Å². The molecule has 1 aliphatic heterocycles. The zero-order valence-corrected chi connectivity index (χ0v) is 14.9. The minimum Gasteiger partial charge on any atom is -0.354 e. The maximum atomic E-state index is 4.45. The van der Waals surface area contributed by atoms with Gasteiger partial charge in [-0.1, -0.05) is 20.8 Å². The van der Waals surface area contributed by atoms with Crippen molar-refractivity contribution in [2.24, 2.45) is 10.9 Å². The fourth-order valence-electron chi connectivity index (χ4n) is 2.63. The maximum Gasteiger partial charge on any atom is 0.193 e. The molecule has 0 radical (unpaired) electrons. The summed E-state index contributed by atoms with van der Waals surface area (Å²) in [5.41, 5.74) is 0. The lowest BCUT2D eigenvalue weighted by Gasteiger charge is -2.36. The molecule has 0 aliphatic carbocycles. The van der Waals surface area contributed by atoms with Gasteiger partial charge in [0.05, 0.1) is 0 Å². The standard InChI is InChI=1S/C15H28N6S/c1-5-14-19-18-11-21(14)7-6-17-15(16-4)20-8-9-22-13(10-20)12(2)3/h11-13H,5-10H2,1-4H3,(H,16,17). The van der Waals surface area contributed by atoms with Crippen LogP contribution in [-0.2, 0) is 13.0 Å². The Bertz CT molecular complexity index is 484. The topological polar surface area (TPSA) is 58.3 Å². The molecule has 1 aromatic heterocycles. The van der Waals surface area contributed by atoms with Crippen LogP contribution in [0.3, 0.4) is 0 Å². The number of guanidine groups is 1. The summed E-state index contributed by atoms with van der Waals surface area (Å²) in [5, 5.41) is 12.3. The molecule has 0 bridgehead atoms. The van der Waals surface area contributed by atoms with Gasteiger partial charge in [0.2, 0.25) is 0 Å². The number of aliphatic imine (C=N–C) groups is 1. The molecule has 124 valence electrons. The van der Waals surface area contributed by atoms with Crippen molar-refractivity contribution in [3.05, 3.63) is 12.2 Å². The smallest absolute Gasteiger partial charge is 0.193 e. The van der Waals surface area contributed by atoms with Gasteiger partial charge in [-0.15, -0.1) is 10.2 Å². The summed E-state index contributed by atoms with van der Waals surface area (Å²) in [6, 6.07) is 0. The third kappa shape index (κ3) is 4.38. The predicted octanol–water partition coefficient (Wildman–Crippen LogP) is 1.49. The molecular weight excluding hydrogens is 296 g/mol. The van der Waals surface area contributed by atoms with E-state index in [1.54, 1.807) is 6.33 Å². The van der Waals surface area contributed by atoms with Gasteiger partial charge in [0.15, 0.2) is 5.96 Å². The molecule has 1 fully saturated rings. The van der Waals surface area contributed by atoms with Crippen LogP contribution in [0, 0.1) is 5.92 Å². The largest absolute Gasteiger partial charge is 0.354 e. The van der Waals surface area contributed by atoms with Crippen molar-refractivity contribution in [1.29, 1.82) is 0 Å². The number of nitrogens with one attached hydrogen (secondary N) is 1. The highest BCUT2D eigenvalue weighted by Crippen LogP contribution is 2.24. The SMILES string of the molecule is CCc1nncn1CCNC(=NC)N1CCSC(C(C)C)C1. The fraction of sp³-hybridized carbons (Fsp3) is 0.800. The van der Waals surface area contributed by atoms with Crippen molar-refractivity contribution in [3.8, 4) is 0 Å². The van der Waals surface area contributed by atoms with Crippen LogP contribution in [0.25, 0.3) is 0 Å². The van der Waals surface area contributed by atoms with Gasteiger partial charge in [-0.05, 0) is 5.92 Å². The number of aryl methyl sites for hydroxylation is 1. The third-order valence-corrected chi connectivity index (χ3v) is 5.54. The Hall–Kier alpha value is -1.24. The molecule has 0 saturated carbocycles. The second-order valence-electron chi connectivity index (χ2n) is 5.87. The number of thioether (sulfide) groups is 1. The highest BCUT2D eigenvalue weighted by molar-refractivity contribution is 8.00. The molecule has 2 heterocycles. The molecule has 1 saturated heterocycles. The van der Waals surface area contributed by atoms with Gasteiger partial charge in [0.25, 0.3) is 0 Å². The lowest BCUT2D eigenvalue weighted by Crippen LogP contribution is -2.49. The Morgan fingerprint density at radius 1 is 1.55 bits per heavy atom. The van der Waals surface area contributed by atoms with E-state index in [9.17, 15) is 0 Å². The normalized spacial score (nSPS) is 19.8. The monoisotopic (exact) mass is 324 g/mol. The molecule has 1 unspecified atom stereocenters. The summed E-state index contributed by atoms with van der Waals surface area (Å²) < 4.78 is 2.10. The average Bonchev–Trinajstić information content (AvgIpc) is 2.99. The molecule has 7 heteroatoms. The number of hydrogen-bond acceptors (Lipinski definition) is 4. The fourth-order valence-corrected chi connectivity index (χ4v) is 3.93. The van der Waals surface area contributed by atoms with Gasteiger partial charge < -0.3 is 14.8 Å². The van der Waals surface area contributed by atoms with E-state index < -0.39 is 0 Å². The quantitative estimate of drug-likeness (QED) is 0.657. The molecule has 1 atom stereocenters. The summed E-state index contributed by atoms with van der Waals surface area (Å²) in [4.78, 5) is 6.83. The summed E-state index contributed by atoms with van der Waals surface area (Å²) in [7, 11) is 1.87. The lowest BCUT2D eigenvalue weighted by atomic mass is 10.1. The van der Waals surface area contributed by atoms with E-state index in [0.29, 0.717) is 11.2 Å².